The normalized spacial score (nSPS) is 12.6. The van der Waals surface area contributed by atoms with Crippen molar-refractivity contribution in [3.63, 3.8) is 0 Å². The van der Waals surface area contributed by atoms with Crippen LogP contribution in [0.4, 0.5) is 0 Å². The van der Waals surface area contributed by atoms with Crippen molar-refractivity contribution in [1.82, 2.24) is 0 Å². The smallest absolute Gasteiger partial charge is 0.229 e. The molecule has 0 bridgehead atoms. The average Bonchev–Trinajstić information content (AvgIpc) is 2.25. The summed E-state index contributed by atoms with van der Waals surface area (Å²) in [6, 6.07) is 4.27. The molecule has 0 saturated heterocycles. The minimum absolute atomic E-state index is 0.712. The Hall–Kier alpha value is -0.590. The molecule has 0 heterocycles. The molecule has 0 spiro atoms. The summed E-state index contributed by atoms with van der Waals surface area (Å²) in [5.74, 6) is 0.963. The summed E-state index contributed by atoms with van der Waals surface area (Å²) in [4.78, 5) is 0. The Labute approximate surface area is 99.9 Å². The molecule has 0 aliphatic rings. The first kappa shape index (κ1) is 13.5. The molecule has 0 aromatic heterocycles. The number of rotatable bonds is 5. The quantitative estimate of drug-likeness (QED) is 0.712. The van der Waals surface area contributed by atoms with Crippen LogP contribution in [0.15, 0.2) is 12.1 Å². The van der Waals surface area contributed by atoms with E-state index in [0.29, 0.717) is 6.61 Å². The third kappa shape index (κ3) is 3.47. The van der Waals surface area contributed by atoms with Crippen LogP contribution >= 0.6 is 8.38 Å². The van der Waals surface area contributed by atoms with Crippen molar-refractivity contribution in [2.24, 2.45) is 0 Å². The predicted molar refractivity (Wildman–Crippen MR) is 70.4 cm³/mol. The van der Waals surface area contributed by atoms with E-state index in [9.17, 15) is 0 Å². The molecule has 0 aliphatic carbocycles. The van der Waals surface area contributed by atoms with Crippen LogP contribution in [0.1, 0.15) is 30.5 Å². The monoisotopic (exact) mass is 240 g/mol. The molecule has 90 valence electrons. The molecule has 0 fully saturated rings. The summed E-state index contributed by atoms with van der Waals surface area (Å²) in [6.07, 6.45) is 0.926. The van der Waals surface area contributed by atoms with Gasteiger partial charge in [0.25, 0.3) is 0 Å². The summed E-state index contributed by atoms with van der Waals surface area (Å²) in [6.45, 7) is 11.1. The van der Waals surface area contributed by atoms with Crippen molar-refractivity contribution in [2.45, 2.75) is 34.6 Å². The molecule has 1 aromatic carbocycles. The summed E-state index contributed by atoms with van der Waals surface area (Å²) < 4.78 is 11.5. The Morgan fingerprint density at radius 1 is 1.00 bits per heavy atom. The molecule has 1 unspecified atom stereocenters. The van der Waals surface area contributed by atoms with Crippen LogP contribution in [-0.4, -0.2) is 12.8 Å². The number of hydrogen-bond donors (Lipinski definition) is 0. The van der Waals surface area contributed by atoms with Gasteiger partial charge in [0.2, 0.25) is 8.38 Å². The summed E-state index contributed by atoms with van der Waals surface area (Å²) in [7, 11) is -0.773. The van der Waals surface area contributed by atoms with Gasteiger partial charge in [0.15, 0.2) is 0 Å². The first-order valence-corrected chi connectivity index (χ1v) is 7.11. The van der Waals surface area contributed by atoms with E-state index in [0.717, 1.165) is 11.9 Å². The Kier molecular flexibility index (Phi) is 5.24. The molecule has 2 nitrogen and oxygen atoms in total. The van der Waals surface area contributed by atoms with E-state index < -0.39 is 8.38 Å². The standard InChI is InChI=1S/C13H21O2P/c1-6-14-16(7-2)15-13-9-11(4)10(3)8-12(13)5/h8-9H,6-7H2,1-5H3. The van der Waals surface area contributed by atoms with E-state index in [2.05, 4.69) is 39.8 Å². The molecule has 0 N–H and O–H groups in total. The van der Waals surface area contributed by atoms with Crippen LogP contribution in [0.2, 0.25) is 0 Å². The lowest BCUT2D eigenvalue weighted by atomic mass is 10.1. The second-order valence-corrected chi connectivity index (χ2v) is 5.60. The lowest BCUT2D eigenvalue weighted by Crippen LogP contribution is -1.97. The fraction of sp³-hybridized carbons (Fsp3) is 0.538. The number of benzene rings is 1. The highest BCUT2D eigenvalue weighted by molar-refractivity contribution is 7.47. The molecule has 3 heteroatoms. The zero-order valence-corrected chi connectivity index (χ0v) is 11.7. The highest BCUT2D eigenvalue weighted by Crippen LogP contribution is 2.40. The van der Waals surface area contributed by atoms with Gasteiger partial charge < -0.3 is 9.05 Å². The van der Waals surface area contributed by atoms with Gasteiger partial charge >= 0.3 is 0 Å². The molecule has 1 atom stereocenters. The predicted octanol–water partition coefficient (Wildman–Crippen LogP) is 4.36. The largest absolute Gasteiger partial charge is 0.447 e. The van der Waals surface area contributed by atoms with Crippen LogP contribution in [-0.2, 0) is 4.52 Å². The number of hydrogen-bond acceptors (Lipinski definition) is 2. The zero-order valence-electron chi connectivity index (χ0n) is 10.8. The molecule has 0 amide bonds. The Morgan fingerprint density at radius 3 is 2.19 bits per heavy atom. The van der Waals surface area contributed by atoms with Crippen molar-refractivity contribution in [3.8, 4) is 5.75 Å². The maximum absolute atomic E-state index is 5.91. The minimum atomic E-state index is -0.773. The Morgan fingerprint density at radius 2 is 1.62 bits per heavy atom. The second kappa shape index (κ2) is 6.22. The summed E-state index contributed by atoms with van der Waals surface area (Å²) in [5, 5.41) is 0. The lowest BCUT2D eigenvalue weighted by molar-refractivity contribution is 0.334. The molecule has 0 saturated carbocycles. The topological polar surface area (TPSA) is 18.5 Å². The van der Waals surface area contributed by atoms with Crippen LogP contribution in [0.5, 0.6) is 5.75 Å². The van der Waals surface area contributed by atoms with E-state index in [1.165, 1.54) is 16.7 Å². The summed E-state index contributed by atoms with van der Waals surface area (Å²) in [5.41, 5.74) is 3.76. The van der Waals surface area contributed by atoms with Crippen molar-refractivity contribution < 1.29 is 9.05 Å². The fourth-order valence-electron chi connectivity index (χ4n) is 1.47. The molecular weight excluding hydrogens is 219 g/mol. The van der Waals surface area contributed by atoms with Crippen LogP contribution < -0.4 is 4.52 Å². The Balaban J connectivity index is 2.83. The second-order valence-electron chi connectivity index (χ2n) is 3.86. The van der Waals surface area contributed by atoms with E-state index in [4.69, 9.17) is 9.05 Å². The van der Waals surface area contributed by atoms with Gasteiger partial charge in [-0.05, 0) is 50.5 Å². The highest BCUT2D eigenvalue weighted by Gasteiger charge is 2.11. The van der Waals surface area contributed by atoms with Gasteiger partial charge in [-0.25, -0.2) is 0 Å². The summed E-state index contributed by atoms with van der Waals surface area (Å²) >= 11 is 0. The third-order valence-electron chi connectivity index (χ3n) is 2.52. The molecule has 1 rings (SSSR count). The molecule has 1 aromatic rings. The van der Waals surface area contributed by atoms with Gasteiger partial charge in [0.1, 0.15) is 5.75 Å². The van der Waals surface area contributed by atoms with E-state index >= 15 is 0 Å². The van der Waals surface area contributed by atoms with Crippen molar-refractivity contribution in [1.29, 1.82) is 0 Å². The van der Waals surface area contributed by atoms with Crippen molar-refractivity contribution >= 4 is 8.38 Å². The third-order valence-corrected chi connectivity index (χ3v) is 3.99. The minimum Gasteiger partial charge on any atom is -0.447 e. The highest BCUT2D eigenvalue weighted by atomic mass is 31.2. The molecule has 16 heavy (non-hydrogen) atoms. The van der Waals surface area contributed by atoms with E-state index in [-0.39, 0.29) is 0 Å². The maximum atomic E-state index is 5.91. The first-order chi connectivity index (χ1) is 7.58. The van der Waals surface area contributed by atoms with Crippen molar-refractivity contribution in [2.75, 3.05) is 12.8 Å². The SMILES string of the molecule is CCOP(CC)Oc1cc(C)c(C)cc1C. The average molecular weight is 240 g/mol. The maximum Gasteiger partial charge on any atom is 0.229 e. The van der Waals surface area contributed by atoms with E-state index in [1.807, 2.05) is 6.92 Å². The zero-order chi connectivity index (χ0) is 12.1. The molecule has 0 aliphatic heterocycles. The molecule has 0 radical (unpaired) electrons. The Bertz CT molecular complexity index is 350. The van der Waals surface area contributed by atoms with Gasteiger partial charge in [-0.3, -0.25) is 0 Å². The first-order valence-electron chi connectivity index (χ1n) is 5.74. The molecular formula is C13H21O2P. The fourth-order valence-corrected chi connectivity index (χ4v) is 2.54. The van der Waals surface area contributed by atoms with Gasteiger partial charge in [-0.2, -0.15) is 0 Å². The van der Waals surface area contributed by atoms with Crippen LogP contribution in [0, 0.1) is 20.8 Å². The van der Waals surface area contributed by atoms with Crippen LogP contribution in [0.3, 0.4) is 0 Å². The van der Waals surface area contributed by atoms with Gasteiger partial charge in [-0.15, -0.1) is 0 Å². The van der Waals surface area contributed by atoms with Crippen LogP contribution in [0.25, 0.3) is 0 Å². The van der Waals surface area contributed by atoms with Gasteiger partial charge in [0, 0.05) is 6.16 Å². The van der Waals surface area contributed by atoms with Gasteiger partial charge in [0.05, 0.1) is 6.61 Å². The van der Waals surface area contributed by atoms with Gasteiger partial charge in [-0.1, -0.05) is 13.0 Å². The van der Waals surface area contributed by atoms with Crippen molar-refractivity contribution in [3.05, 3.63) is 28.8 Å². The number of aryl methyl sites for hydroxylation is 3. The lowest BCUT2D eigenvalue weighted by Gasteiger charge is -2.18. The van der Waals surface area contributed by atoms with E-state index in [1.54, 1.807) is 0 Å².